The van der Waals surface area contributed by atoms with E-state index >= 15 is 0 Å². The van der Waals surface area contributed by atoms with Gasteiger partial charge in [-0.15, -0.1) is 3.63 Å². The van der Waals surface area contributed by atoms with E-state index < -0.39 is 20.2 Å². The van der Waals surface area contributed by atoms with Crippen LogP contribution >= 0.6 is 0 Å². The Labute approximate surface area is 58.6 Å². The molecule has 0 aromatic carbocycles. The summed E-state index contributed by atoms with van der Waals surface area (Å²) in [6, 6.07) is 0. The van der Waals surface area contributed by atoms with Gasteiger partial charge in [-0.25, -0.2) is 0 Å². The van der Waals surface area contributed by atoms with Gasteiger partial charge in [-0.05, 0) is 0 Å². The van der Waals surface area contributed by atoms with E-state index in [1.54, 1.807) is 0 Å². The summed E-state index contributed by atoms with van der Waals surface area (Å²) in [4.78, 5) is 0. The lowest BCUT2D eigenvalue weighted by Crippen LogP contribution is -2.09. The minimum Gasteiger partial charge on any atom is -0.269 e. The van der Waals surface area contributed by atoms with Crippen molar-refractivity contribution in [3.63, 3.8) is 0 Å². The zero-order valence-electron chi connectivity index (χ0n) is 5.27. The average molecular weight is 194 g/mol. The summed E-state index contributed by atoms with van der Waals surface area (Å²) in [6.07, 6.45) is 1.32. The summed E-state index contributed by atoms with van der Waals surface area (Å²) in [6.45, 7) is 0. The highest BCUT2D eigenvalue weighted by Crippen LogP contribution is 1.92. The van der Waals surface area contributed by atoms with Gasteiger partial charge in [-0.1, -0.05) is 0 Å². The van der Waals surface area contributed by atoms with Crippen LogP contribution in [0.25, 0.3) is 0 Å². The van der Waals surface area contributed by atoms with Crippen LogP contribution in [-0.4, -0.2) is 29.3 Å². The molecule has 5 nitrogen and oxygen atoms in total. The second-order valence-corrected chi connectivity index (χ2v) is 4.84. The molecule has 0 heterocycles. The summed E-state index contributed by atoms with van der Waals surface area (Å²) in [5.74, 6) is 0. The van der Waals surface area contributed by atoms with Crippen molar-refractivity contribution in [3.8, 4) is 0 Å². The van der Waals surface area contributed by atoms with Crippen LogP contribution in [0.1, 0.15) is 0 Å². The second-order valence-electron chi connectivity index (χ2n) is 1.48. The van der Waals surface area contributed by atoms with Crippen LogP contribution in [0.5, 0.6) is 0 Å². The highest BCUT2D eigenvalue weighted by molar-refractivity contribution is 7.99. The van der Waals surface area contributed by atoms with Crippen molar-refractivity contribution in [2.45, 2.75) is 0 Å². The first-order valence-electron chi connectivity index (χ1n) is 1.82. The largest absolute Gasteiger partial charge is 0.278 e. The van der Waals surface area contributed by atoms with E-state index in [1.165, 1.54) is 0 Å². The van der Waals surface area contributed by atoms with Gasteiger partial charge in [0.15, 0.2) is 0 Å². The first kappa shape index (κ1) is 12.5. The highest BCUT2D eigenvalue weighted by atomic mass is 32.3. The molecule has 0 rings (SSSR count). The Balaban J connectivity index is 0. The average Bonchev–Trinajstić information content (AvgIpc) is 1.14. The van der Waals surface area contributed by atoms with Gasteiger partial charge in [0.25, 0.3) is 20.2 Å². The molecule has 0 saturated heterocycles. The van der Waals surface area contributed by atoms with Gasteiger partial charge in [-0.3, -0.25) is 4.70 Å². The lowest BCUT2D eigenvalue weighted by atomic mass is 12.0. The first-order valence-corrected chi connectivity index (χ1v) is 5.45. The third-order valence-electron chi connectivity index (χ3n) is 0.247. The van der Waals surface area contributed by atoms with Crippen molar-refractivity contribution >= 4 is 20.2 Å². The maximum absolute atomic E-state index is 10.0. The van der Waals surface area contributed by atoms with E-state index in [0.29, 0.717) is 12.5 Å². The Morgan fingerprint density at radius 2 is 1.10 bits per heavy atom. The lowest BCUT2D eigenvalue weighted by Gasteiger charge is -1.92. The molecule has 0 aromatic heterocycles. The third kappa shape index (κ3) is 10.7. The quantitative estimate of drug-likeness (QED) is 0.567. The minimum absolute atomic E-state index is 0. The maximum Gasteiger partial charge on any atom is 0.278 e. The van der Waals surface area contributed by atoms with E-state index in [2.05, 4.69) is 3.63 Å². The normalized spacial score (nSPS) is 12.2. The maximum atomic E-state index is 10.0. The molecule has 0 bridgehead atoms. The van der Waals surface area contributed by atoms with Crippen LogP contribution in [0.15, 0.2) is 0 Å². The summed E-state index contributed by atoms with van der Waals surface area (Å²) < 4.78 is 43.8. The molecule has 0 amide bonds. The standard InChI is InChI=1S/C2H6O5S2.FH/c1-8(3,4)7-9(2,5)6;/h1-2H3;1H. The molecule has 0 radical (unpaired) electrons. The van der Waals surface area contributed by atoms with Gasteiger partial charge in [0.1, 0.15) is 0 Å². The summed E-state index contributed by atoms with van der Waals surface area (Å²) >= 11 is 0. The van der Waals surface area contributed by atoms with Gasteiger partial charge >= 0.3 is 0 Å². The highest BCUT2D eigenvalue weighted by Gasteiger charge is 2.10. The predicted octanol–water partition coefficient (Wildman–Crippen LogP) is -0.925. The van der Waals surface area contributed by atoms with Gasteiger partial charge in [0.05, 0.1) is 12.5 Å². The molecule has 0 aliphatic rings. The molecule has 64 valence electrons. The number of hydrogen-bond donors (Lipinski definition) is 0. The molecule has 0 aliphatic heterocycles. The van der Waals surface area contributed by atoms with Crippen LogP contribution in [0, 0.1) is 0 Å². The molecule has 0 saturated carbocycles. The molecule has 0 fully saturated rings. The Bertz CT molecular complexity index is 243. The van der Waals surface area contributed by atoms with E-state index in [0.717, 1.165) is 0 Å². The SMILES string of the molecule is CS(=O)(=O)OS(C)(=O)=O.F. The lowest BCUT2D eigenvalue weighted by molar-refractivity contribution is 0.471. The van der Waals surface area contributed by atoms with Crippen molar-refractivity contribution in [1.82, 2.24) is 0 Å². The Hall–Kier alpha value is -0.210. The van der Waals surface area contributed by atoms with Gasteiger partial charge in [-0.2, -0.15) is 16.8 Å². The Kier molecular flexibility index (Phi) is 4.06. The molecule has 0 atom stereocenters. The molecule has 0 spiro atoms. The molecule has 0 aromatic rings. The molecule has 10 heavy (non-hydrogen) atoms. The molecular formula is C2H7FO5S2. The smallest absolute Gasteiger partial charge is 0.269 e. The summed E-state index contributed by atoms with van der Waals surface area (Å²) in [7, 11) is -7.74. The fourth-order valence-corrected chi connectivity index (χ4v) is 2.02. The fraction of sp³-hybridized carbons (Fsp3) is 1.00. The Morgan fingerprint density at radius 1 is 0.900 bits per heavy atom. The summed E-state index contributed by atoms with van der Waals surface area (Å²) in [5, 5.41) is 0. The van der Waals surface area contributed by atoms with Crippen LogP contribution in [0.3, 0.4) is 0 Å². The number of halogens is 1. The fourth-order valence-electron chi connectivity index (χ4n) is 0.225. The van der Waals surface area contributed by atoms with Crippen LogP contribution in [0.2, 0.25) is 0 Å². The van der Waals surface area contributed by atoms with Crippen molar-refractivity contribution in [2.24, 2.45) is 0 Å². The van der Waals surface area contributed by atoms with Crippen molar-refractivity contribution in [1.29, 1.82) is 0 Å². The Morgan fingerprint density at radius 3 is 1.10 bits per heavy atom. The van der Waals surface area contributed by atoms with E-state index in [9.17, 15) is 16.8 Å². The van der Waals surface area contributed by atoms with Crippen molar-refractivity contribution in [3.05, 3.63) is 0 Å². The first-order chi connectivity index (χ1) is 3.71. The van der Waals surface area contributed by atoms with Crippen molar-refractivity contribution < 1.29 is 25.2 Å². The van der Waals surface area contributed by atoms with Gasteiger partial charge in [0.2, 0.25) is 0 Å². The number of hydrogen-bond acceptors (Lipinski definition) is 5. The zero-order valence-corrected chi connectivity index (χ0v) is 6.90. The summed E-state index contributed by atoms with van der Waals surface area (Å²) in [5.41, 5.74) is 0. The minimum atomic E-state index is -3.87. The molecular weight excluding hydrogens is 187 g/mol. The van der Waals surface area contributed by atoms with Gasteiger partial charge < -0.3 is 0 Å². The van der Waals surface area contributed by atoms with E-state index in [-0.39, 0.29) is 4.70 Å². The van der Waals surface area contributed by atoms with E-state index in [4.69, 9.17) is 0 Å². The molecule has 0 unspecified atom stereocenters. The van der Waals surface area contributed by atoms with Gasteiger partial charge in [0, 0.05) is 0 Å². The third-order valence-corrected chi connectivity index (χ3v) is 2.22. The number of rotatable bonds is 2. The molecule has 0 aliphatic carbocycles. The monoisotopic (exact) mass is 194 g/mol. The second kappa shape index (κ2) is 3.26. The predicted molar refractivity (Wildman–Crippen MR) is 33.3 cm³/mol. The zero-order chi connectivity index (χ0) is 7.71. The topological polar surface area (TPSA) is 77.5 Å². The van der Waals surface area contributed by atoms with Crippen LogP contribution in [0.4, 0.5) is 4.70 Å². The molecule has 0 N–H and O–H groups in total. The van der Waals surface area contributed by atoms with Crippen LogP contribution in [-0.2, 0) is 23.9 Å². The molecule has 8 heteroatoms. The van der Waals surface area contributed by atoms with Crippen LogP contribution < -0.4 is 0 Å². The van der Waals surface area contributed by atoms with Crippen molar-refractivity contribution in [2.75, 3.05) is 12.5 Å². The van der Waals surface area contributed by atoms with E-state index in [1.807, 2.05) is 0 Å².